The van der Waals surface area contributed by atoms with Gasteiger partial charge in [0.15, 0.2) is 0 Å². The third-order valence-corrected chi connectivity index (χ3v) is 2.93. The van der Waals surface area contributed by atoms with Crippen LogP contribution >= 0.6 is 15.9 Å². The molecular formula is C9H7BrN2O2. The fraction of sp³-hybridized carbons (Fsp3) is 0.111. The Morgan fingerprint density at radius 1 is 1.57 bits per heavy atom. The zero-order valence-electron chi connectivity index (χ0n) is 7.36. The molecule has 5 heteroatoms. The van der Waals surface area contributed by atoms with Crippen LogP contribution in [0.4, 0.5) is 0 Å². The molecule has 0 radical (unpaired) electrons. The molecule has 0 saturated heterocycles. The first-order valence-corrected chi connectivity index (χ1v) is 4.75. The molecular weight excluding hydrogens is 248 g/mol. The highest BCUT2D eigenvalue weighted by Crippen LogP contribution is 2.26. The van der Waals surface area contributed by atoms with Crippen molar-refractivity contribution in [3.05, 3.63) is 28.4 Å². The average Bonchev–Trinajstić information content (AvgIpc) is 2.43. The topological polar surface area (TPSA) is 55.1 Å². The SMILES string of the molecule is Cn1nc2cccc(C(=O)O)c2c1Br. The Morgan fingerprint density at radius 2 is 2.29 bits per heavy atom. The Kier molecular flexibility index (Phi) is 2.03. The van der Waals surface area contributed by atoms with Crippen molar-refractivity contribution < 1.29 is 9.90 Å². The molecule has 0 unspecified atom stereocenters. The Hall–Kier alpha value is -1.36. The first-order chi connectivity index (χ1) is 6.61. The van der Waals surface area contributed by atoms with Gasteiger partial charge in [-0.3, -0.25) is 4.68 Å². The van der Waals surface area contributed by atoms with Gasteiger partial charge in [0.05, 0.1) is 11.1 Å². The zero-order valence-corrected chi connectivity index (χ0v) is 8.95. The number of aromatic nitrogens is 2. The van der Waals surface area contributed by atoms with Crippen LogP contribution in [0.2, 0.25) is 0 Å². The lowest BCUT2D eigenvalue weighted by atomic mass is 10.1. The van der Waals surface area contributed by atoms with Crippen molar-refractivity contribution in [1.29, 1.82) is 0 Å². The molecule has 0 aliphatic rings. The summed E-state index contributed by atoms with van der Waals surface area (Å²) in [5.74, 6) is -0.940. The highest BCUT2D eigenvalue weighted by Gasteiger charge is 2.14. The normalized spacial score (nSPS) is 10.7. The standard InChI is InChI=1S/C9H7BrN2O2/c1-12-8(10)7-5(9(13)14)3-2-4-6(7)11-12/h2-4H,1H3,(H,13,14). The lowest BCUT2D eigenvalue weighted by molar-refractivity contribution is 0.0699. The van der Waals surface area contributed by atoms with E-state index in [2.05, 4.69) is 21.0 Å². The van der Waals surface area contributed by atoms with Crippen LogP contribution in [-0.2, 0) is 7.05 Å². The van der Waals surface area contributed by atoms with E-state index in [0.717, 1.165) is 0 Å². The predicted octanol–water partition coefficient (Wildman–Crippen LogP) is 2.03. The molecule has 0 saturated carbocycles. The summed E-state index contributed by atoms with van der Waals surface area (Å²) in [7, 11) is 1.76. The second-order valence-corrected chi connectivity index (χ2v) is 3.67. The van der Waals surface area contributed by atoms with Gasteiger partial charge in [0.2, 0.25) is 0 Å². The molecule has 0 fully saturated rings. The molecule has 1 N–H and O–H groups in total. The van der Waals surface area contributed by atoms with E-state index in [9.17, 15) is 4.79 Å². The number of benzene rings is 1. The summed E-state index contributed by atoms with van der Waals surface area (Å²) in [5, 5.41) is 13.8. The van der Waals surface area contributed by atoms with Crippen LogP contribution in [0.1, 0.15) is 10.4 Å². The smallest absolute Gasteiger partial charge is 0.336 e. The summed E-state index contributed by atoms with van der Waals surface area (Å²) >= 11 is 3.31. The molecule has 0 atom stereocenters. The second-order valence-electron chi connectivity index (χ2n) is 2.92. The van der Waals surface area contributed by atoms with E-state index in [1.54, 1.807) is 29.9 Å². The Balaban J connectivity index is 2.91. The van der Waals surface area contributed by atoms with Crippen LogP contribution in [0.25, 0.3) is 10.9 Å². The lowest BCUT2D eigenvalue weighted by Gasteiger charge is -1.96. The molecule has 1 aromatic heterocycles. The molecule has 0 spiro atoms. The molecule has 0 aliphatic heterocycles. The van der Waals surface area contributed by atoms with E-state index in [4.69, 9.17) is 5.11 Å². The van der Waals surface area contributed by atoms with Crippen molar-refractivity contribution in [1.82, 2.24) is 9.78 Å². The minimum Gasteiger partial charge on any atom is -0.478 e. The summed E-state index contributed by atoms with van der Waals surface area (Å²) in [5.41, 5.74) is 0.946. The number of aromatic carboxylic acids is 1. The van der Waals surface area contributed by atoms with Crippen molar-refractivity contribution in [2.24, 2.45) is 7.05 Å². The number of halogens is 1. The summed E-state index contributed by atoms with van der Waals surface area (Å²) in [6.07, 6.45) is 0. The van der Waals surface area contributed by atoms with Crippen LogP contribution in [0.5, 0.6) is 0 Å². The van der Waals surface area contributed by atoms with E-state index in [1.165, 1.54) is 0 Å². The molecule has 2 rings (SSSR count). The number of hydrogen-bond donors (Lipinski definition) is 1. The van der Waals surface area contributed by atoms with Gasteiger partial charge < -0.3 is 5.11 Å². The molecule has 1 aromatic carbocycles. The van der Waals surface area contributed by atoms with Crippen LogP contribution < -0.4 is 0 Å². The Bertz CT molecular complexity index is 519. The van der Waals surface area contributed by atoms with E-state index in [-0.39, 0.29) is 5.56 Å². The second kappa shape index (κ2) is 3.09. The summed E-state index contributed by atoms with van der Waals surface area (Å²) < 4.78 is 2.29. The molecule has 0 bridgehead atoms. The lowest BCUT2D eigenvalue weighted by Crippen LogP contribution is -1.96. The first kappa shape index (κ1) is 9.21. The predicted molar refractivity (Wildman–Crippen MR) is 55.4 cm³/mol. The fourth-order valence-corrected chi connectivity index (χ4v) is 1.88. The number of carboxylic acids is 1. The van der Waals surface area contributed by atoms with Crippen molar-refractivity contribution in [3.8, 4) is 0 Å². The summed E-state index contributed by atoms with van der Waals surface area (Å²) in [6, 6.07) is 5.04. The minimum atomic E-state index is -0.940. The maximum absolute atomic E-state index is 10.9. The van der Waals surface area contributed by atoms with Gasteiger partial charge >= 0.3 is 5.97 Å². The van der Waals surface area contributed by atoms with Gasteiger partial charge in [0.1, 0.15) is 4.60 Å². The summed E-state index contributed by atoms with van der Waals surface area (Å²) in [4.78, 5) is 10.9. The molecule has 1 heterocycles. The van der Waals surface area contributed by atoms with Crippen LogP contribution in [0.15, 0.2) is 22.8 Å². The Labute approximate surface area is 88.3 Å². The number of fused-ring (bicyclic) bond motifs is 1. The van der Waals surface area contributed by atoms with Gasteiger partial charge in [0, 0.05) is 12.4 Å². The highest BCUT2D eigenvalue weighted by atomic mass is 79.9. The number of carbonyl (C=O) groups is 1. The number of nitrogens with zero attached hydrogens (tertiary/aromatic N) is 2. The van der Waals surface area contributed by atoms with E-state index < -0.39 is 5.97 Å². The molecule has 0 amide bonds. The molecule has 0 aliphatic carbocycles. The largest absolute Gasteiger partial charge is 0.478 e. The maximum Gasteiger partial charge on any atom is 0.336 e. The number of carboxylic acid groups (broad SMARTS) is 1. The van der Waals surface area contributed by atoms with Crippen molar-refractivity contribution >= 4 is 32.8 Å². The van der Waals surface area contributed by atoms with Gasteiger partial charge in [0.25, 0.3) is 0 Å². The Morgan fingerprint density at radius 3 is 2.93 bits per heavy atom. The molecule has 4 nitrogen and oxygen atoms in total. The molecule has 2 aromatic rings. The van der Waals surface area contributed by atoms with Crippen molar-refractivity contribution in [2.75, 3.05) is 0 Å². The van der Waals surface area contributed by atoms with Crippen LogP contribution in [-0.4, -0.2) is 20.9 Å². The fourth-order valence-electron chi connectivity index (χ4n) is 1.39. The van der Waals surface area contributed by atoms with Crippen molar-refractivity contribution in [3.63, 3.8) is 0 Å². The van der Waals surface area contributed by atoms with Gasteiger partial charge in [-0.15, -0.1) is 0 Å². The number of rotatable bonds is 1. The third kappa shape index (κ3) is 1.21. The van der Waals surface area contributed by atoms with E-state index >= 15 is 0 Å². The van der Waals surface area contributed by atoms with Gasteiger partial charge in [-0.05, 0) is 28.1 Å². The summed E-state index contributed by atoms with van der Waals surface area (Å²) in [6.45, 7) is 0. The average molecular weight is 255 g/mol. The number of aryl methyl sites for hydroxylation is 1. The third-order valence-electron chi connectivity index (χ3n) is 2.02. The quantitative estimate of drug-likeness (QED) is 0.848. The highest BCUT2D eigenvalue weighted by molar-refractivity contribution is 9.10. The minimum absolute atomic E-state index is 0.266. The van der Waals surface area contributed by atoms with Gasteiger partial charge in [-0.1, -0.05) is 6.07 Å². The monoisotopic (exact) mass is 254 g/mol. The van der Waals surface area contributed by atoms with E-state index in [1.807, 2.05) is 0 Å². The maximum atomic E-state index is 10.9. The molecule has 14 heavy (non-hydrogen) atoms. The van der Waals surface area contributed by atoms with Crippen LogP contribution in [0.3, 0.4) is 0 Å². The zero-order chi connectivity index (χ0) is 10.3. The van der Waals surface area contributed by atoms with Crippen molar-refractivity contribution in [2.45, 2.75) is 0 Å². The first-order valence-electron chi connectivity index (χ1n) is 3.96. The van der Waals surface area contributed by atoms with E-state index in [0.29, 0.717) is 15.5 Å². The number of hydrogen-bond acceptors (Lipinski definition) is 2. The van der Waals surface area contributed by atoms with Crippen LogP contribution in [0, 0.1) is 0 Å². The van der Waals surface area contributed by atoms with Gasteiger partial charge in [-0.25, -0.2) is 4.79 Å². The molecule has 72 valence electrons. The van der Waals surface area contributed by atoms with Gasteiger partial charge in [-0.2, -0.15) is 5.10 Å².